The van der Waals surface area contributed by atoms with E-state index in [4.69, 9.17) is 10.1 Å². The Balaban J connectivity index is 1.62. The molecule has 2 heterocycles. The van der Waals surface area contributed by atoms with Gasteiger partial charge in [-0.1, -0.05) is 13.0 Å². The van der Waals surface area contributed by atoms with Crippen molar-refractivity contribution in [2.75, 3.05) is 18.1 Å². The first-order chi connectivity index (χ1) is 14.0. The normalized spacial score (nSPS) is 14.1. The summed E-state index contributed by atoms with van der Waals surface area (Å²) < 4.78 is 18.6. The van der Waals surface area contributed by atoms with Gasteiger partial charge in [0, 0.05) is 5.69 Å². The SMILES string of the molecule is CCCOC(=O)c1cccc(N2CC(O)=C(c3nc4ccc(F)cc4[nH]3)C2=N)c1. The van der Waals surface area contributed by atoms with Crippen molar-refractivity contribution in [3.63, 3.8) is 0 Å². The molecule has 1 aliphatic rings. The number of amidine groups is 1. The smallest absolute Gasteiger partial charge is 0.338 e. The van der Waals surface area contributed by atoms with E-state index in [1.807, 2.05) is 6.92 Å². The minimum absolute atomic E-state index is 0.0288. The number of carbonyl (C=O) groups excluding carboxylic acids is 1. The van der Waals surface area contributed by atoms with Crippen molar-refractivity contribution in [3.05, 3.63) is 65.4 Å². The van der Waals surface area contributed by atoms with Crippen molar-refractivity contribution in [2.24, 2.45) is 0 Å². The highest BCUT2D eigenvalue weighted by Gasteiger charge is 2.31. The Bertz CT molecular complexity index is 1150. The molecule has 1 aromatic heterocycles. The Morgan fingerprint density at radius 3 is 2.97 bits per heavy atom. The van der Waals surface area contributed by atoms with Crippen LogP contribution in [-0.4, -0.2) is 40.0 Å². The molecular formula is C21H19FN4O3. The van der Waals surface area contributed by atoms with E-state index in [9.17, 15) is 14.3 Å². The van der Waals surface area contributed by atoms with E-state index < -0.39 is 11.8 Å². The fourth-order valence-corrected chi connectivity index (χ4v) is 3.23. The number of anilines is 1. The van der Waals surface area contributed by atoms with Gasteiger partial charge in [-0.05, 0) is 42.8 Å². The second-order valence-corrected chi connectivity index (χ2v) is 6.69. The zero-order valence-electron chi connectivity index (χ0n) is 15.7. The maximum absolute atomic E-state index is 13.4. The van der Waals surface area contributed by atoms with Crippen molar-refractivity contribution in [1.82, 2.24) is 9.97 Å². The van der Waals surface area contributed by atoms with Crippen molar-refractivity contribution in [1.29, 1.82) is 5.41 Å². The average molecular weight is 394 g/mol. The van der Waals surface area contributed by atoms with Crippen LogP contribution in [0.1, 0.15) is 29.5 Å². The fraction of sp³-hybridized carbons (Fsp3) is 0.190. The van der Waals surface area contributed by atoms with Gasteiger partial charge < -0.3 is 19.7 Å². The predicted octanol–water partition coefficient (Wildman–Crippen LogP) is 4.04. The molecule has 0 saturated carbocycles. The number of aromatic amines is 1. The molecule has 0 aliphatic carbocycles. The summed E-state index contributed by atoms with van der Waals surface area (Å²) in [5, 5.41) is 19.0. The summed E-state index contributed by atoms with van der Waals surface area (Å²) in [6.45, 7) is 2.31. The van der Waals surface area contributed by atoms with Crippen LogP contribution in [0.15, 0.2) is 48.2 Å². The van der Waals surface area contributed by atoms with Crippen LogP contribution in [0.5, 0.6) is 0 Å². The van der Waals surface area contributed by atoms with Crippen LogP contribution in [0.3, 0.4) is 0 Å². The van der Waals surface area contributed by atoms with Gasteiger partial charge in [-0.15, -0.1) is 0 Å². The Morgan fingerprint density at radius 1 is 1.34 bits per heavy atom. The molecule has 1 aliphatic heterocycles. The second kappa shape index (κ2) is 7.38. The van der Waals surface area contributed by atoms with Gasteiger partial charge in [-0.25, -0.2) is 14.2 Å². The molecule has 8 heteroatoms. The summed E-state index contributed by atoms with van der Waals surface area (Å²) in [6, 6.07) is 10.9. The van der Waals surface area contributed by atoms with E-state index in [0.29, 0.717) is 28.9 Å². The van der Waals surface area contributed by atoms with E-state index in [-0.39, 0.29) is 29.5 Å². The zero-order valence-corrected chi connectivity index (χ0v) is 15.7. The summed E-state index contributed by atoms with van der Waals surface area (Å²) >= 11 is 0. The molecular weight excluding hydrogens is 375 g/mol. The van der Waals surface area contributed by atoms with Crippen LogP contribution in [0.25, 0.3) is 16.6 Å². The summed E-state index contributed by atoms with van der Waals surface area (Å²) in [5.41, 5.74) is 2.20. The highest BCUT2D eigenvalue weighted by Crippen LogP contribution is 2.31. The number of esters is 1. The number of nitrogens with zero attached hydrogens (tertiary/aromatic N) is 2. The van der Waals surface area contributed by atoms with Gasteiger partial charge in [0.15, 0.2) is 0 Å². The van der Waals surface area contributed by atoms with Gasteiger partial charge in [0.2, 0.25) is 0 Å². The molecule has 0 saturated heterocycles. The number of carbonyl (C=O) groups is 1. The molecule has 0 amide bonds. The first-order valence-electron chi connectivity index (χ1n) is 9.19. The van der Waals surface area contributed by atoms with E-state index in [0.717, 1.165) is 6.42 Å². The number of nitrogens with one attached hydrogen (secondary N) is 2. The van der Waals surface area contributed by atoms with Crippen LogP contribution in [-0.2, 0) is 4.74 Å². The van der Waals surface area contributed by atoms with Crippen molar-refractivity contribution < 1.29 is 19.0 Å². The van der Waals surface area contributed by atoms with Gasteiger partial charge in [0.05, 0.1) is 35.3 Å². The topological polar surface area (TPSA) is 102 Å². The number of aliphatic hydroxyl groups is 1. The highest BCUT2D eigenvalue weighted by molar-refractivity contribution is 6.30. The molecule has 3 aromatic rings. The van der Waals surface area contributed by atoms with Crippen LogP contribution in [0.2, 0.25) is 0 Å². The Morgan fingerprint density at radius 2 is 2.17 bits per heavy atom. The highest BCUT2D eigenvalue weighted by atomic mass is 19.1. The molecule has 0 bridgehead atoms. The number of rotatable bonds is 5. The molecule has 4 rings (SSSR count). The number of halogens is 1. The minimum Gasteiger partial charge on any atom is -0.509 e. The molecule has 0 fully saturated rings. The lowest BCUT2D eigenvalue weighted by Crippen LogP contribution is -2.26. The number of hydrogen-bond donors (Lipinski definition) is 3. The average Bonchev–Trinajstić information content (AvgIpc) is 3.25. The molecule has 29 heavy (non-hydrogen) atoms. The molecule has 0 unspecified atom stereocenters. The van der Waals surface area contributed by atoms with Gasteiger partial charge in [-0.2, -0.15) is 0 Å². The molecule has 0 spiro atoms. The lowest BCUT2D eigenvalue weighted by molar-refractivity contribution is 0.0505. The molecule has 0 atom stereocenters. The van der Waals surface area contributed by atoms with Crippen LogP contribution in [0, 0.1) is 11.2 Å². The van der Waals surface area contributed by atoms with Gasteiger partial charge >= 0.3 is 5.97 Å². The monoisotopic (exact) mass is 394 g/mol. The lowest BCUT2D eigenvalue weighted by Gasteiger charge is -2.19. The molecule has 2 aromatic carbocycles. The van der Waals surface area contributed by atoms with Crippen LogP contribution < -0.4 is 4.90 Å². The first kappa shape index (κ1) is 18.7. The number of hydrogen-bond acceptors (Lipinski definition) is 5. The number of aliphatic hydroxyl groups excluding tert-OH is 1. The number of benzene rings is 2. The van der Waals surface area contributed by atoms with Crippen molar-refractivity contribution >= 4 is 34.1 Å². The van der Waals surface area contributed by atoms with Crippen LogP contribution in [0.4, 0.5) is 10.1 Å². The Labute approximate surface area is 166 Å². The zero-order chi connectivity index (χ0) is 20.5. The number of H-pyrrole nitrogens is 1. The van der Waals surface area contributed by atoms with Gasteiger partial charge in [-0.3, -0.25) is 5.41 Å². The van der Waals surface area contributed by atoms with Crippen molar-refractivity contribution in [2.45, 2.75) is 13.3 Å². The Hall–Kier alpha value is -3.68. The molecule has 7 nitrogen and oxygen atoms in total. The third kappa shape index (κ3) is 3.44. The maximum atomic E-state index is 13.4. The third-order valence-electron chi connectivity index (χ3n) is 4.61. The number of imidazole rings is 1. The largest absolute Gasteiger partial charge is 0.509 e. The maximum Gasteiger partial charge on any atom is 0.338 e. The van der Waals surface area contributed by atoms with E-state index >= 15 is 0 Å². The Kier molecular flexibility index (Phi) is 4.75. The summed E-state index contributed by atoms with van der Waals surface area (Å²) in [7, 11) is 0. The first-order valence-corrected chi connectivity index (χ1v) is 9.19. The second-order valence-electron chi connectivity index (χ2n) is 6.69. The number of ether oxygens (including phenoxy) is 1. The standard InChI is InChI=1S/C21H19FN4O3/c1-2-8-29-21(28)12-4-3-5-14(9-12)26-11-17(27)18(19(26)23)20-24-15-7-6-13(22)10-16(15)25-20/h3-7,9-10,23,27H,2,8,11H2,1H3,(H,24,25). The number of fused-ring (bicyclic) bond motifs is 1. The quantitative estimate of drug-likeness (QED) is 0.567. The van der Waals surface area contributed by atoms with E-state index in [1.165, 1.54) is 18.2 Å². The predicted molar refractivity (Wildman–Crippen MR) is 108 cm³/mol. The van der Waals surface area contributed by atoms with E-state index in [1.54, 1.807) is 29.2 Å². The number of aromatic nitrogens is 2. The summed E-state index contributed by atoms with van der Waals surface area (Å²) in [5.74, 6) is -0.555. The third-order valence-corrected chi connectivity index (χ3v) is 4.61. The van der Waals surface area contributed by atoms with Gasteiger partial charge in [0.1, 0.15) is 23.2 Å². The van der Waals surface area contributed by atoms with Crippen LogP contribution >= 0.6 is 0 Å². The van der Waals surface area contributed by atoms with Gasteiger partial charge in [0.25, 0.3) is 0 Å². The minimum atomic E-state index is -0.434. The molecule has 148 valence electrons. The molecule has 0 radical (unpaired) electrons. The summed E-state index contributed by atoms with van der Waals surface area (Å²) in [4.78, 5) is 21.0. The summed E-state index contributed by atoms with van der Waals surface area (Å²) in [6.07, 6.45) is 0.727. The van der Waals surface area contributed by atoms with Crippen molar-refractivity contribution in [3.8, 4) is 0 Å². The fourth-order valence-electron chi connectivity index (χ4n) is 3.23. The lowest BCUT2D eigenvalue weighted by atomic mass is 10.2. The molecule has 3 N–H and O–H groups in total. The van der Waals surface area contributed by atoms with E-state index in [2.05, 4.69) is 9.97 Å².